The summed E-state index contributed by atoms with van der Waals surface area (Å²) in [5, 5.41) is 16.4. The second kappa shape index (κ2) is 7.89. The molecular weight excluding hydrogens is 368 g/mol. The summed E-state index contributed by atoms with van der Waals surface area (Å²) in [7, 11) is 0. The summed E-state index contributed by atoms with van der Waals surface area (Å²) in [5.74, 6) is 0.603. The number of nitrogens with one attached hydrogen (secondary N) is 1. The van der Waals surface area contributed by atoms with Gasteiger partial charge in [-0.05, 0) is 37.1 Å². The normalized spacial score (nSPS) is 16.1. The maximum absolute atomic E-state index is 11.3. The number of hydrogen-bond donors (Lipinski definition) is 1. The molecule has 0 amide bonds. The summed E-state index contributed by atoms with van der Waals surface area (Å²) in [6.07, 6.45) is 2.61. The first-order chi connectivity index (χ1) is 14.0. The van der Waals surface area contributed by atoms with Crippen molar-refractivity contribution in [1.82, 2.24) is 4.98 Å². The number of rotatable bonds is 5. The second-order valence-electron chi connectivity index (χ2n) is 7.11. The van der Waals surface area contributed by atoms with Crippen LogP contribution < -0.4 is 10.4 Å². The lowest BCUT2D eigenvalue weighted by Crippen LogP contribution is -2.21. The van der Waals surface area contributed by atoms with Gasteiger partial charge in [0.15, 0.2) is 0 Å². The molecule has 0 saturated carbocycles. The minimum Gasteiger partial charge on any atom is -0.340 e. The number of aryl methyl sites for hydroxylation is 2. The quantitative estimate of drug-likeness (QED) is 0.474. The summed E-state index contributed by atoms with van der Waals surface area (Å²) in [6.45, 7) is 4.30. The molecule has 1 fully saturated rings. The number of aromatic nitrogens is 1. The third-order valence-corrected chi connectivity index (χ3v) is 5.09. The Kier molecular flexibility index (Phi) is 5.14. The molecule has 0 spiro atoms. The van der Waals surface area contributed by atoms with Crippen molar-refractivity contribution in [3.63, 3.8) is 0 Å². The van der Waals surface area contributed by atoms with E-state index in [4.69, 9.17) is 4.84 Å². The first-order valence-corrected chi connectivity index (χ1v) is 9.49. The summed E-state index contributed by atoms with van der Waals surface area (Å²) in [6, 6.07) is 17.5. The van der Waals surface area contributed by atoms with Crippen LogP contribution in [0.4, 0.5) is 22.9 Å². The van der Waals surface area contributed by atoms with Crippen LogP contribution in [0.25, 0.3) is 0 Å². The van der Waals surface area contributed by atoms with Crippen molar-refractivity contribution >= 4 is 22.9 Å². The van der Waals surface area contributed by atoms with Gasteiger partial charge >= 0.3 is 0 Å². The Morgan fingerprint density at radius 3 is 2.69 bits per heavy atom. The van der Waals surface area contributed by atoms with Crippen molar-refractivity contribution in [3.05, 3.63) is 87.6 Å². The molecule has 1 unspecified atom stereocenters. The zero-order valence-corrected chi connectivity index (χ0v) is 16.3. The molecule has 1 N–H and O–H groups in total. The van der Waals surface area contributed by atoms with Gasteiger partial charge in [-0.25, -0.2) is 10.0 Å². The lowest BCUT2D eigenvalue weighted by molar-refractivity contribution is -0.385. The molecule has 2 heterocycles. The second-order valence-corrected chi connectivity index (χ2v) is 7.11. The van der Waals surface area contributed by atoms with Crippen molar-refractivity contribution in [2.45, 2.75) is 26.3 Å². The SMILES string of the molecule is Cc1cc(C)c([N+](=O)[O-])cc1Nc1cc(N2OCCC2c2ccccc2)ccn1. The summed E-state index contributed by atoms with van der Waals surface area (Å²) in [4.78, 5) is 21.2. The van der Waals surface area contributed by atoms with E-state index in [2.05, 4.69) is 22.4 Å². The zero-order valence-electron chi connectivity index (χ0n) is 16.3. The Morgan fingerprint density at radius 2 is 1.93 bits per heavy atom. The molecular formula is C22H22N4O3. The van der Waals surface area contributed by atoms with Crippen molar-refractivity contribution in [1.29, 1.82) is 0 Å². The standard InChI is InChI=1S/C22H22N4O3/c1-15-12-16(2)21(26(27)28)14-19(15)24-22-13-18(8-10-23-22)25-20(9-11-29-25)17-6-4-3-5-7-17/h3-8,10,12-14,20H,9,11H2,1-2H3,(H,23,24). The molecule has 1 aliphatic heterocycles. The van der Waals surface area contributed by atoms with Crippen LogP contribution in [0.2, 0.25) is 0 Å². The zero-order chi connectivity index (χ0) is 20.4. The average Bonchev–Trinajstić information content (AvgIpc) is 3.20. The van der Waals surface area contributed by atoms with Gasteiger partial charge < -0.3 is 5.32 Å². The lowest BCUT2D eigenvalue weighted by atomic mass is 10.0. The summed E-state index contributed by atoms with van der Waals surface area (Å²) < 4.78 is 0. The van der Waals surface area contributed by atoms with E-state index in [1.807, 2.05) is 42.3 Å². The van der Waals surface area contributed by atoms with E-state index < -0.39 is 0 Å². The van der Waals surface area contributed by atoms with E-state index in [9.17, 15) is 10.1 Å². The molecule has 3 aromatic rings. The topological polar surface area (TPSA) is 80.5 Å². The number of nitrogens with zero attached hydrogens (tertiary/aromatic N) is 3. The largest absolute Gasteiger partial charge is 0.340 e. The van der Waals surface area contributed by atoms with Crippen molar-refractivity contribution in [2.75, 3.05) is 17.0 Å². The Balaban J connectivity index is 1.61. The van der Waals surface area contributed by atoms with E-state index in [-0.39, 0.29) is 16.7 Å². The highest BCUT2D eigenvalue weighted by atomic mass is 16.7. The molecule has 0 aliphatic carbocycles. The van der Waals surface area contributed by atoms with Gasteiger partial charge in [-0.15, -0.1) is 0 Å². The minimum atomic E-state index is -0.369. The Morgan fingerprint density at radius 1 is 1.14 bits per heavy atom. The highest BCUT2D eigenvalue weighted by Crippen LogP contribution is 2.36. The van der Waals surface area contributed by atoms with Crippen molar-refractivity contribution < 1.29 is 9.76 Å². The van der Waals surface area contributed by atoms with Gasteiger partial charge in [0.05, 0.1) is 23.3 Å². The molecule has 0 bridgehead atoms. The highest BCUT2D eigenvalue weighted by Gasteiger charge is 2.28. The lowest BCUT2D eigenvalue weighted by Gasteiger charge is -2.25. The molecule has 1 atom stereocenters. The van der Waals surface area contributed by atoms with Crippen LogP contribution >= 0.6 is 0 Å². The van der Waals surface area contributed by atoms with Gasteiger partial charge in [0, 0.05) is 36.0 Å². The van der Waals surface area contributed by atoms with Gasteiger partial charge in [0.1, 0.15) is 5.82 Å². The maximum Gasteiger partial charge on any atom is 0.274 e. The van der Waals surface area contributed by atoms with Gasteiger partial charge in [-0.3, -0.25) is 15.0 Å². The predicted molar refractivity (Wildman–Crippen MR) is 112 cm³/mol. The fraction of sp³-hybridized carbons (Fsp3) is 0.227. The number of nitro groups is 1. The maximum atomic E-state index is 11.3. The monoisotopic (exact) mass is 390 g/mol. The Labute approximate surface area is 169 Å². The van der Waals surface area contributed by atoms with E-state index >= 15 is 0 Å². The van der Waals surface area contributed by atoms with Crippen LogP contribution in [0.5, 0.6) is 0 Å². The van der Waals surface area contributed by atoms with Crippen LogP contribution in [-0.4, -0.2) is 16.5 Å². The third kappa shape index (κ3) is 3.90. The van der Waals surface area contributed by atoms with Gasteiger partial charge in [-0.1, -0.05) is 30.3 Å². The van der Waals surface area contributed by atoms with Crippen molar-refractivity contribution in [2.24, 2.45) is 0 Å². The Bertz CT molecular complexity index is 1040. The van der Waals surface area contributed by atoms with E-state index in [1.54, 1.807) is 25.3 Å². The van der Waals surface area contributed by atoms with Crippen LogP contribution in [0, 0.1) is 24.0 Å². The minimum absolute atomic E-state index is 0.0845. The number of anilines is 3. The van der Waals surface area contributed by atoms with Gasteiger partial charge in [0.25, 0.3) is 5.69 Å². The van der Waals surface area contributed by atoms with Crippen molar-refractivity contribution in [3.8, 4) is 0 Å². The van der Waals surface area contributed by atoms with E-state index in [1.165, 1.54) is 5.56 Å². The average molecular weight is 390 g/mol. The van der Waals surface area contributed by atoms with Gasteiger partial charge in [-0.2, -0.15) is 0 Å². The summed E-state index contributed by atoms with van der Waals surface area (Å²) >= 11 is 0. The molecule has 148 valence electrons. The molecule has 1 aliphatic rings. The number of hydroxylamine groups is 1. The number of hydrogen-bond acceptors (Lipinski definition) is 6. The van der Waals surface area contributed by atoms with E-state index in [0.717, 1.165) is 17.7 Å². The first kappa shape index (κ1) is 18.9. The number of benzene rings is 2. The van der Waals surface area contributed by atoms with Crippen LogP contribution in [0.15, 0.2) is 60.8 Å². The summed E-state index contributed by atoms with van der Waals surface area (Å²) in [5.41, 5.74) is 4.38. The first-order valence-electron chi connectivity index (χ1n) is 9.49. The fourth-order valence-corrected chi connectivity index (χ4v) is 3.64. The molecule has 1 aromatic heterocycles. The smallest absolute Gasteiger partial charge is 0.274 e. The molecule has 2 aromatic carbocycles. The van der Waals surface area contributed by atoms with Gasteiger partial charge in [0.2, 0.25) is 0 Å². The molecule has 7 heteroatoms. The Hall–Kier alpha value is -3.45. The highest BCUT2D eigenvalue weighted by molar-refractivity contribution is 5.67. The molecule has 4 rings (SSSR count). The third-order valence-electron chi connectivity index (χ3n) is 5.09. The predicted octanol–water partition coefficient (Wildman–Crippen LogP) is 5.23. The number of pyridine rings is 1. The van der Waals surface area contributed by atoms with Crippen LogP contribution in [0.3, 0.4) is 0 Å². The van der Waals surface area contributed by atoms with E-state index in [0.29, 0.717) is 23.7 Å². The van der Waals surface area contributed by atoms with Crippen LogP contribution in [0.1, 0.15) is 29.2 Å². The molecule has 0 radical (unpaired) electrons. The fourth-order valence-electron chi connectivity index (χ4n) is 3.64. The molecule has 7 nitrogen and oxygen atoms in total. The molecule has 1 saturated heterocycles. The van der Waals surface area contributed by atoms with Crippen LogP contribution in [-0.2, 0) is 4.84 Å². The number of nitro benzene ring substituents is 1. The molecule has 29 heavy (non-hydrogen) atoms.